The quantitative estimate of drug-likeness (QED) is 0.199. The van der Waals surface area contributed by atoms with Crippen LogP contribution in [0.2, 0.25) is 0 Å². The molecule has 0 saturated carbocycles. The summed E-state index contributed by atoms with van der Waals surface area (Å²) in [5.41, 5.74) is 8.51. The van der Waals surface area contributed by atoms with Gasteiger partial charge in [0.25, 0.3) is 0 Å². The van der Waals surface area contributed by atoms with E-state index < -0.39 is 0 Å². The molecule has 9 aromatic rings. The average Bonchev–Trinajstić information content (AvgIpc) is 3.47. The standard InChI is InChI=1S/C40H24N2S/c1-2-7-25(8-3-1)35-21-19-26-13-14-27-20-22-36(42-39(27)38(26)41-35)31-18-16-28-23-30(17-15-29(28)24-31)32-10-6-11-34-33-9-4-5-12-37(33)43-40(32)34/h1-24H. The molecule has 0 atom stereocenters. The lowest BCUT2D eigenvalue weighted by atomic mass is 9.98. The summed E-state index contributed by atoms with van der Waals surface area (Å²) in [6, 6.07) is 51.9. The van der Waals surface area contributed by atoms with Gasteiger partial charge < -0.3 is 0 Å². The Kier molecular flexibility index (Phi) is 5.40. The van der Waals surface area contributed by atoms with Crippen LogP contribution in [0.15, 0.2) is 146 Å². The van der Waals surface area contributed by atoms with Gasteiger partial charge in [0.2, 0.25) is 0 Å². The predicted octanol–water partition coefficient (Wildman–Crippen LogP) is 11.3. The molecule has 0 aliphatic rings. The van der Waals surface area contributed by atoms with Gasteiger partial charge in [-0.3, -0.25) is 0 Å². The van der Waals surface area contributed by atoms with Crippen molar-refractivity contribution in [3.8, 4) is 33.6 Å². The molecule has 2 nitrogen and oxygen atoms in total. The molecule has 0 N–H and O–H groups in total. The molecule has 0 radical (unpaired) electrons. The van der Waals surface area contributed by atoms with Gasteiger partial charge in [0.05, 0.1) is 22.4 Å². The van der Waals surface area contributed by atoms with E-state index in [0.717, 1.165) is 44.3 Å². The second-order valence-electron chi connectivity index (χ2n) is 11.0. The largest absolute Gasteiger partial charge is 0.245 e. The Morgan fingerprint density at radius 3 is 1.74 bits per heavy atom. The topological polar surface area (TPSA) is 25.8 Å². The Balaban J connectivity index is 1.14. The van der Waals surface area contributed by atoms with Crippen LogP contribution in [-0.2, 0) is 0 Å². The number of fused-ring (bicyclic) bond motifs is 7. The first kappa shape index (κ1) is 24.2. The Labute approximate surface area is 252 Å². The summed E-state index contributed by atoms with van der Waals surface area (Å²) >= 11 is 1.88. The van der Waals surface area contributed by atoms with Crippen LogP contribution in [0, 0.1) is 0 Å². The Bertz CT molecular complexity index is 2510. The van der Waals surface area contributed by atoms with Crippen LogP contribution < -0.4 is 0 Å². The fraction of sp³-hybridized carbons (Fsp3) is 0. The number of nitrogens with zero attached hydrogens (tertiary/aromatic N) is 2. The first-order chi connectivity index (χ1) is 21.3. The molecule has 0 fully saturated rings. The molecule has 3 heterocycles. The molecular weight excluding hydrogens is 541 g/mol. The van der Waals surface area contributed by atoms with Gasteiger partial charge in [0.15, 0.2) is 0 Å². The van der Waals surface area contributed by atoms with E-state index in [1.54, 1.807) is 0 Å². The van der Waals surface area contributed by atoms with Gasteiger partial charge >= 0.3 is 0 Å². The van der Waals surface area contributed by atoms with E-state index in [-0.39, 0.29) is 0 Å². The third-order valence-electron chi connectivity index (χ3n) is 8.44. The van der Waals surface area contributed by atoms with E-state index >= 15 is 0 Å². The van der Waals surface area contributed by atoms with Gasteiger partial charge in [-0.15, -0.1) is 11.3 Å². The van der Waals surface area contributed by atoms with E-state index in [2.05, 4.69) is 127 Å². The smallest absolute Gasteiger partial charge is 0.0972 e. The minimum absolute atomic E-state index is 0.930. The van der Waals surface area contributed by atoms with E-state index in [1.165, 1.54) is 42.1 Å². The van der Waals surface area contributed by atoms with Crippen LogP contribution in [0.4, 0.5) is 0 Å². The molecule has 0 spiro atoms. The lowest BCUT2D eigenvalue weighted by Gasteiger charge is -2.10. The van der Waals surface area contributed by atoms with E-state index in [0.29, 0.717) is 0 Å². The molecular formula is C40H24N2S. The second-order valence-corrected chi connectivity index (χ2v) is 12.1. The fourth-order valence-electron chi connectivity index (χ4n) is 6.25. The summed E-state index contributed by atoms with van der Waals surface area (Å²) in [7, 11) is 0. The molecule has 200 valence electrons. The minimum Gasteiger partial charge on any atom is -0.245 e. The molecule has 3 aromatic heterocycles. The first-order valence-electron chi connectivity index (χ1n) is 14.5. The van der Waals surface area contributed by atoms with Crippen LogP contribution in [0.1, 0.15) is 0 Å². The number of thiophene rings is 1. The maximum Gasteiger partial charge on any atom is 0.0972 e. The third-order valence-corrected chi connectivity index (χ3v) is 9.66. The van der Waals surface area contributed by atoms with Crippen molar-refractivity contribution in [2.24, 2.45) is 0 Å². The molecule has 43 heavy (non-hydrogen) atoms. The number of rotatable bonds is 3. The zero-order chi connectivity index (χ0) is 28.3. The summed E-state index contributed by atoms with van der Waals surface area (Å²) in [5, 5.41) is 7.27. The monoisotopic (exact) mass is 564 g/mol. The molecule has 9 rings (SSSR count). The van der Waals surface area contributed by atoms with Gasteiger partial charge in [-0.2, -0.15) is 0 Å². The van der Waals surface area contributed by atoms with Crippen molar-refractivity contribution in [3.05, 3.63) is 146 Å². The normalized spacial score (nSPS) is 11.7. The minimum atomic E-state index is 0.930. The van der Waals surface area contributed by atoms with Crippen LogP contribution >= 0.6 is 11.3 Å². The first-order valence-corrected chi connectivity index (χ1v) is 15.3. The van der Waals surface area contributed by atoms with Crippen molar-refractivity contribution in [1.29, 1.82) is 0 Å². The van der Waals surface area contributed by atoms with E-state index in [1.807, 2.05) is 29.5 Å². The van der Waals surface area contributed by atoms with E-state index in [9.17, 15) is 0 Å². The van der Waals surface area contributed by atoms with Gasteiger partial charge in [-0.25, -0.2) is 9.97 Å². The average molecular weight is 565 g/mol. The lowest BCUT2D eigenvalue weighted by molar-refractivity contribution is 1.37. The zero-order valence-electron chi connectivity index (χ0n) is 23.2. The predicted molar refractivity (Wildman–Crippen MR) is 184 cm³/mol. The highest BCUT2D eigenvalue weighted by Gasteiger charge is 2.12. The highest BCUT2D eigenvalue weighted by molar-refractivity contribution is 7.26. The molecule has 0 saturated heterocycles. The maximum atomic E-state index is 5.17. The second kappa shape index (κ2) is 9.59. The van der Waals surface area contributed by atoms with Crippen LogP contribution in [-0.4, -0.2) is 9.97 Å². The van der Waals surface area contributed by atoms with E-state index in [4.69, 9.17) is 9.97 Å². The number of hydrogen-bond donors (Lipinski definition) is 0. The SMILES string of the molecule is c1ccc(-c2ccc3ccc4ccc(-c5ccc6cc(-c7cccc8c7sc7ccccc78)ccc6c5)nc4c3n2)cc1. The number of pyridine rings is 2. The number of hydrogen-bond acceptors (Lipinski definition) is 3. The van der Waals surface area contributed by atoms with Gasteiger partial charge in [-0.05, 0) is 52.2 Å². The molecule has 0 amide bonds. The molecule has 0 aliphatic heterocycles. The molecule has 3 heteroatoms. The highest BCUT2D eigenvalue weighted by atomic mass is 32.1. The van der Waals surface area contributed by atoms with Crippen molar-refractivity contribution in [3.63, 3.8) is 0 Å². The number of benzene rings is 6. The number of aromatic nitrogens is 2. The Hall–Kier alpha value is -5.38. The molecule has 0 bridgehead atoms. The van der Waals surface area contributed by atoms with Crippen molar-refractivity contribution >= 4 is 64.1 Å². The summed E-state index contributed by atoms with van der Waals surface area (Å²) < 4.78 is 2.67. The van der Waals surface area contributed by atoms with Gasteiger partial charge in [-0.1, -0.05) is 115 Å². The maximum absolute atomic E-state index is 5.17. The van der Waals surface area contributed by atoms with Crippen molar-refractivity contribution in [2.45, 2.75) is 0 Å². The third kappa shape index (κ3) is 4.01. The molecule has 6 aromatic carbocycles. The van der Waals surface area contributed by atoms with Crippen LogP contribution in [0.25, 0.3) is 86.4 Å². The summed E-state index contributed by atoms with van der Waals surface area (Å²) in [6.07, 6.45) is 0. The highest BCUT2D eigenvalue weighted by Crippen LogP contribution is 2.40. The van der Waals surface area contributed by atoms with Crippen molar-refractivity contribution in [1.82, 2.24) is 9.97 Å². The summed E-state index contributed by atoms with van der Waals surface area (Å²) in [6.45, 7) is 0. The summed E-state index contributed by atoms with van der Waals surface area (Å²) in [5.74, 6) is 0. The van der Waals surface area contributed by atoms with Gasteiger partial charge in [0, 0.05) is 42.1 Å². The fourth-order valence-corrected chi connectivity index (χ4v) is 7.48. The Morgan fingerprint density at radius 2 is 0.977 bits per heavy atom. The van der Waals surface area contributed by atoms with Crippen LogP contribution in [0.5, 0.6) is 0 Å². The lowest BCUT2D eigenvalue weighted by Crippen LogP contribution is -1.91. The molecule has 0 aliphatic carbocycles. The van der Waals surface area contributed by atoms with Gasteiger partial charge in [0.1, 0.15) is 0 Å². The summed E-state index contributed by atoms with van der Waals surface area (Å²) in [4.78, 5) is 10.2. The van der Waals surface area contributed by atoms with Crippen molar-refractivity contribution < 1.29 is 0 Å². The van der Waals surface area contributed by atoms with Crippen LogP contribution in [0.3, 0.4) is 0 Å². The zero-order valence-corrected chi connectivity index (χ0v) is 24.0. The molecule has 0 unspecified atom stereocenters. The van der Waals surface area contributed by atoms with Crippen molar-refractivity contribution in [2.75, 3.05) is 0 Å². The Morgan fingerprint density at radius 1 is 0.395 bits per heavy atom.